The first-order valence-electron chi connectivity index (χ1n) is 3.87. The van der Waals surface area contributed by atoms with Gasteiger partial charge in [-0.05, 0) is 19.3 Å². The number of amides is 1. The largest absolute Gasteiger partial charge is 0.384 e. The number of hydrogen-bond acceptors (Lipinski definition) is 2. The van der Waals surface area contributed by atoms with Crippen molar-refractivity contribution >= 4 is 5.91 Å². The van der Waals surface area contributed by atoms with Gasteiger partial charge in [-0.2, -0.15) is 8.78 Å². The van der Waals surface area contributed by atoms with Crippen LogP contribution in [-0.4, -0.2) is 28.6 Å². The van der Waals surface area contributed by atoms with E-state index in [1.807, 2.05) is 0 Å². The maximum absolute atomic E-state index is 12.8. The monoisotopic (exact) mass is 177 g/mol. The fourth-order valence-corrected chi connectivity index (χ4v) is 1.81. The lowest BCUT2D eigenvalue weighted by atomic mass is 9.73. The maximum Gasteiger partial charge on any atom is 0.351 e. The maximum atomic E-state index is 12.8. The highest BCUT2D eigenvalue weighted by Crippen LogP contribution is 2.45. The molecule has 1 aliphatic carbocycles. The number of carbonyl (C=O) groups excluding carboxylic acids is 1. The van der Waals surface area contributed by atoms with Gasteiger partial charge in [0.25, 0.3) is 5.91 Å². The summed E-state index contributed by atoms with van der Waals surface area (Å²) in [5.74, 6) is -4.94. The zero-order valence-corrected chi connectivity index (χ0v) is 6.31. The van der Waals surface area contributed by atoms with E-state index in [0.717, 1.165) is 6.42 Å². The molecule has 2 rings (SSSR count). The van der Waals surface area contributed by atoms with Crippen LogP contribution < -0.4 is 5.32 Å². The van der Waals surface area contributed by atoms with Crippen LogP contribution in [0.1, 0.15) is 19.3 Å². The fraction of sp³-hybridized carbons (Fsp3) is 0.857. The van der Waals surface area contributed by atoms with E-state index in [4.69, 9.17) is 5.11 Å². The van der Waals surface area contributed by atoms with E-state index in [1.54, 1.807) is 0 Å². The third-order valence-electron chi connectivity index (χ3n) is 2.78. The van der Waals surface area contributed by atoms with Crippen LogP contribution in [0, 0.1) is 0 Å². The van der Waals surface area contributed by atoms with E-state index in [9.17, 15) is 13.6 Å². The molecule has 0 aromatic heterocycles. The van der Waals surface area contributed by atoms with E-state index in [-0.39, 0.29) is 0 Å². The Balaban J connectivity index is 2.29. The number of rotatable bonds is 0. The van der Waals surface area contributed by atoms with Crippen molar-refractivity contribution < 1.29 is 18.7 Å². The second-order valence-electron chi connectivity index (χ2n) is 3.49. The highest BCUT2D eigenvalue weighted by molar-refractivity contribution is 5.88. The molecule has 0 aromatic rings. The minimum absolute atomic E-state index is 0.454. The molecule has 1 aliphatic heterocycles. The minimum Gasteiger partial charge on any atom is -0.384 e. The summed E-state index contributed by atoms with van der Waals surface area (Å²) in [7, 11) is 0. The summed E-state index contributed by atoms with van der Waals surface area (Å²) in [6.45, 7) is 0. The van der Waals surface area contributed by atoms with Crippen LogP contribution in [0.2, 0.25) is 0 Å². The van der Waals surface area contributed by atoms with E-state index < -0.39 is 23.5 Å². The number of hydrogen-bond donors (Lipinski definition) is 2. The Bertz CT molecular complexity index is 238. The average Bonchev–Trinajstić information content (AvgIpc) is 2.09. The van der Waals surface area contributed by atoms with Crippen molar-refractivity contribution in [3.05, 3.63) is 0 Å². The molecular formula is C7H9F2NO2. The van der Waals surface area contributed by atoms with E-state index >= 15 is 0 Å². The van der Waals surface area contributed by atoms with Gasteiger partial charge in [-0.25, -0.2) is 0 Å². The molecule has 2 N–H and O–H groups in total. The molecule has 1 unspecified atom stereocenters. The van der Waals surface area contributed by atoms with Gasteiger partial charge in [-0.1, -0.05) is 0 Å². The lowest BCUT2D eigenvalue weighted by Gasteiger charge is -2.40. The smallest absolute Gasteiger partial charge is 0.351 e. The van der Waals surface area contributed by atoms with Crippen molar-refractivity contribution in [2.45, 2.75) is 36.8 Å². The third-order valence-corrected chi connectivity index (χ3v) is 2.78. The molecule has 2 fully saturated rings. The SMILES string of the molecule is O=C1NC2(CCC2)C(O)C1(F)F. The molecule has 5 heteroatoms. The summed E-state index contributed by atoms with van der Waals surface area (Å²) in [6.07, 6.45) is -0.149. The van der Waals surface area contributed by atoms with Gasteiger partial charge in [-0.15, -0.1) is 0 Å². The number of halogens is 2. The average molecular weight is 177 g/mol. The number of alkyl halides is 2. The van der Waals surface area contributed by atoms with Crippen molar-refractivity contribution in [2.24, 2.45) is 0 Å². The quantitative estimate of drug-likeness (QED) is 0.548. The van der Waals surface area contributed by atoms with E-state index in [2.05, 4.69) is 5.32 Å². The zero-order chi connectivity index (χ0) is 8.98. The number of aliphatic hydroxyl groups is 1. The molecule has 68 valence electrons. The van der Waals surface area contributed by atoms with E-state index in [0.29, 0.717) is 12.8 Å². The predicted molar refractivity (Wildman–Crippen MR) is 35.7 cm³/mol. The number of carbonyl (C=O) groups is 1. The summed E-state index contributed by atoms with van der Waals surface area (Å²) in [5, 5.41) is 11.3. The van der Waals surface area contributed by atoms with Crippen LogP contribution in [-0.2, 0) is 4.79 Å². The first kappa shape index (κ1) is 7.91. The molecule has 1 saturated carbocycles. The third kappa shape index (κ3) is 0.696. The lowest BCUT2D eigenvalue weighted by Crippen LogP contribution is -2.55. The van der Waals surface area contributed by atoms with Gasteiger partial charge in [0.15, 0.2) is 0 Å². The van der Waals surface area contributed by atoms with Crippen LogP contribution in [0.5, 0.6) is 0 Å². The lowest BCUT2D eigenvalue weighted by molar-refractivity contribution is -0.153. The van der Waals surface area contributed by atoms with Crippen LogP contribution in [0.15, 0.2) is 0 Å². The molecule has 1 heterocycles. The Morgan fingerprint density at radius 2 is 2.08 bits per heavy atom. The molecule has 1 atom stereocenters. The fourth-order valence-electron chi connectivity index (χ4n) is 1.81. The first-order valence-corrected chi connectivity index (χ1v) is 3.87. The molecule has 0 radical (unpaired) electrons. The highest BCUT2D eigenvalue weighted by atomic mass is 19.3. The summed E-state index contributed by atoms with van der Waals surface area (Å²) < 4.78 is 25.6. The van der Waals surface area contributed by atoms with Crippen molar-refractivity contribution in [1.29, 1.82) is 0 Å². The molecule has 1 amide bonds. The molecule has 3 nitrogen and oxygen atoms in total. The number of aliphatic hydroxyl groups excluding tert-OH is 1. The molecule has 1 spiro atoms. The molecule has 12 heavy (non-hydrogen) atoms. The normalized spacial score (nSPS) is 36.2. The summed E-state index contributed by atoms with van der Waals surface area (Å²) in [6, 6.07) is 0. The molecule has 0 aromatic carbocycles. The van der Waals surface area contributed by atoms with Gasteiger partial charge >= 0.3 is 5.92 Å². The van der Waals surface area contributed by atoms with Gasteiger partial charge in [-0.3, -0.25) is 4.79 Å². The van der Waals surface area contributed by atoms with Crippen LogP contribution in [0.4, 0.5) is 8.78 Å². The summed E-state index contributed by atoms with van der Waals surface area (Å²) in [5.41, 5.74) is -1.01. The van der Waals surface area contributed by atoms with Gasteiger partial charge in [0.1, 0.15) is 6.10 Å². The Kier molecular flexibility index (Phi) is 1.29. The van der Waals surface area contributed by atoms with Gasteiger partial charge in [0.2, 0.25) is 0 Å². The molecular weight excluding hydrogens is 168 g/mol. The summed E-state index contributed by atoms with van der Waals surface area (Å²) >= 11 is 0. The highest BCUT2D eigenvalue weighted by Gasteiger charge is 2.66. The minimum atomic E-state index is -3.60. The van der Waals surface area contributed by atoms with Gasteiger partial charge in [0.05, 0.1) is 5.54 Å². The first-order chi connectivity index (χ1) is 5.49. The Hall–Kier alpha value is -0.710. The van der Waals surface area contributed by atoms with Gasteiger partial charge in [0, 0.05) is 0 Å². The van der Waals surface area contributed by atoms with Crippen molar-refractivity contribution in [2.75, 3.05) is 0 Å². The Morgan fingerprint density at radius 3 is 2.25 bits per heavy atom. The van der Waals surface area contributed by atoms with Crippen molar-refractivity contribution in [3.8, 4) is 0 Å². The number of nitrogens with one attached hydrogen (secondary N) is 1. The van der Waals surface area contributed by atoms with Crippen LogP contribution >= 0.6 is 0 Å². The van der Waals surface area contributed by atoms with Crippen LogP contribution in [0.25, 0.3) is 0 Å². The Morgan fingerprint density at radius 1 is 1.50 bits per heavy atom. The second kappa shape index (κ2) is 1.96. The molecule has 0 bridgehead atoms. The Labute approximate surface area is 67.8 Å². The van der Waals surface area contributed by atoms with Crippen molar-refractivity contribution in [3.63, 3.8) is 0 Å². The van der Waals surface area contributed by atoms with Crippen molar-refractivity contribution in [1.82, 2.24) is 5.32 Å². The summed E-state index contributed by atoms with van der Waals surface area (Å²) in [4.78, 5) is 10.7. The topological polar surface area (TPSA) is 49.3 Å². The van der Waals surface area contributed by atoms with Crippen LogP contribution in [0.3, 0.4) is 0 Å². The zero-order valence-electron chi connectivity index (χ0n) is 6.31. The molecule has 2 aliphatic rings. The standard InChI is InChI=1S/C7H9F2NO2/c8-7(9)4(11)6(2-1-3-6)10-5(7)12/h4,11H,1-3H2,(H,10,12). The van der Waals surface area contributed by atoms with E-state index in [1.165, 1.54) is 0 Å². The van der Waals surface area contributed by atoms with Gasteiger partial charge < -0.3 is 10.4 Å². The predicted octanol–water partition coefficient (Wildman–Crippen LogP) is 0.0351. The second-order valence-corrected chi connectivity index (χ2v) is 3.49. The molecule has 1 saturated heterocycles.